The van der Waals surface area contributed by atoms with E-state index in [4.69, 9.17) is 9.90 Å². The van der Waals surface area contributed by atoms with E-state index in [-0.39, 0.29) is 11.8 Å². The largest absolute Gasteiger partial charge is 0.490 e. The first-order chi connectivity index (χ1) is 17.0. The molecule has 190 valence electrons. The highest BCUT2D eigenvalue weighted by Crippen LogP contribution is 2.26. The number of pyridine rings is 1. The molecule has 0 spiro atoms. The zero-order chi connectivity index (χ0) is 26.3. The lowest BCUT2D eigenvalue weighted by molar-refractivity contribution is -0.192. The quantitative estimate of drug-likeness (QED) is 0.437. The van der Waals surface area contributed by atoms with Crippen LogP contribution in [-0.2, 0) is 9.59 Å². The van der Waals surface area contributed by atoms with Crippen molar-refractivity contribution in [3.05, 3.63) is 65.4 Å². The molecule has 0 radical (unpaired) electrons. The summed E-state index contributed by atoms with van der Waals surface area (Å²) in [6.45, 7) is 1.93. The molecule has 3 aromatic rings. The minimum absolute atomic E-state index is 0.152. The van der Waals surface area contributed by atoms with Crippen molar-refractivity contribution in [2.45, 2.75) is 19.1 Å². The topological polar surface area (TPSA) is 125 Å². The summed E-state index contributed by atoms with van der Waals surface area (Å²) in [4.78, 5) is 45.3. The molecule has 1 aliphatic heterocycles. The number of thioether (sulfide) groups is 1. The average Bonchev–Trinajstić information content (AvgIpc) is 3.49. The van der Waals surface area contributed by atoms with Crippen LogP contribution in [0.15, 0.2) is 55.0 Å². The van der Waals surface area contributed by atoms with E-state index in [1.807, 2.05) is 31.2 Å². The molecule has 1 aliphatic rings. The van der Waals surface area contributed by atoms with Crippen LogP contribution < -0.4 is 10.6 Å². The summed E-state index contributed by atoms with van der Waals surface area (Å²) in [7, 11) is 0. The summed E-state index contributed by atoms with van der Waals surface area (Å²) in [5.41, 5.74) is 2.34. The number of carbonyl (C=O) groups is 3. The number of hydrogen-bond acceptors (Lipinski definition) is 8. The van der Waals surface area contributed by atoms with E-state index in [1.165, 1.54) is 11.3 Å². The Bertz CT molecular complexity index is 1210. The average molecular weight is 540 g/mol. The number of carboxylic acids is 1. The molecule has 14 heteroatoms. The summed E-state index contributed by atoms with van der Waals surface area (Å²) in [6.07, 6.45) is 0.0567. The van der Waals surface area contributed by atoms with Crippen LogP contribution in [0.1, 0.15) is 15.2 Å². The molecule has 2 amide bonds. The summed E-state index contributed by atoms with van der Waals surface area (Å²) < 4.78 is 31.7. The van der Waals surface area contributed by atoms with Gasteiger partial charge in [-0.15, -0.1) is 23.1 Å². The van der Waals surface area contributed by atoms with E-state index in [0.29, 0.717) is 22.3 Å². The van der Waals surface area contributed by atoms with Gasteiger partial charge in [-0.1, -0.05) is 0 Å². The molecule has 1 saturated heterocycles. The second-order valence-electron chi connectivity index (χ2n) is 7.30. The molecule has 1 unspecified atom stereocenters. The maximum atomic E-state index is 13.0. The molecule has 9 nitrogen and oxygen atoms in total. The summed E-state index contributed by atoms with van der Waals surface area (Å²) >= 11 is 2.99. The third kappa shape index (κ3) is 7.42. The highest BCUT2D eigenvalue weighted by molar-refractivity contribution is 7.99. The number of benzene rings is 1. The molecule has 0 bridgehead atoms. The minimum Gasteiger partial charge on any atom is -0.475 e. The van der Waals surface area contributed by atoms with Gasteiger partial charge in [0.15, 0.2) is 5.13 Å². The van der Waals surface area contributed by atoms with Crippen molar-refractivity contribution in [2.75, 3.05) is 22.3 Å². The van der Waals surface area contributed by atoms with Gasteiger partial charge in [-0.2, -0.15) is 13.2 Å². The molecule has 2 aromatic heterocycles. The van der Waals surface area contributed by atoms with E-state index >= 15 is 0 Å². The minimum atomic E-state index is -5.08. The predicted octanol–water partition coefficient (Wildman–Crippen LogP) is 4.38. The van der Waals surface area contributed by atoms with Gasteiger partial charge in [-0.05, 0) is 43.3 Å². The fourth-order valence-electron chi connectivity index (χ4n) is 2.93. The lowest BCUT2D eigenvalue weighted by Crippen LogP contribution is -2.44. The molecule has 36 heavy (non-hydrogen) atoms. The van der Waals surface area contributed by atoms with Gasteiger partial charge in [-0.25, -0.2) is 9.78 Å². The molecule has 1 aromatic carbocycles. The number of aryl methyl sites for hydroxylation is 1. The first-order valence-electron chi connectivity index (χ1n) is 10.2. The van der Waals surface area contributed by atoms with Crippen LogP contribution >= 0.6 is 23.1 Å². The molecule has 0 saturated carbocycles. The van der Waals surface area contributed by atoms with Crippen LogP contribution in [0.25, 0.3) is 0 Å². The zero-order valence-electron chi connectivity index (χ0n) is 18.7. The second-order valence-corrected chi connectivity index (χ2v) is 9.53. The standard InChI is InChI=1S/C20H19N5O2S2.C2HF3O2/c1-13-10-22-20(29-13)24-18(26)17-11-28-12-25(17)19(27)14-2-4-15(5-3-14)23-16-6-8-21-9-7-16;3-2(4,5)1(6)7/h2-10,17H,11-12H2,1H3,(H,21,23)(H,22,24,26);(H,6,7). The van der Waals surface area contributed by atoms with Gasteiger partial charge < -0.3 is 20.6 Å². The van der Waals surface area contributed by atoms with Crippen molar-refractivity contribution in [3.8, 4) is 0 Å². The van der Waals surface area contributed by atoms with Gasteiger partial charge in [0.05, 0.1) is 5.88 Å². The van der Waals surface area contributed by atoms with Crippen LogP contribution in [0.3, 0.4) is 0 Å². The first-order valence-corrected chi connectivity index (χ1v) is 12.2. The number of rotatable bonds is 5. The van der Waals surface area contributed by atoms with Crippen molar-refractivity contribution in [2.24, 2.45) is 0 Å². The number of carbonyl (C=O) groups excluding carboxylic acids is 2. The lowest BCUT2D eigenvalue weighted by Gasteiger charge is -2.22. The van der Waals surface area contributed by atoms with E-state index in [9.17, 15) is 22.8 Å². The maximum Gasteiger partial charge on any atom is 0.490 e. The van der Waals surface area contributed by atoms with Gasteiger partial charge in [-0.3, -0.25) is 14.6 Å². The normalized spacial score (nSPS) is 15.0. The van der Waals surface area contributed by atoms with Gasteiger partial charge in [0.25, 0.3) is 5.91 Å². The number of carboxylic acid groups (broad SMARTS) is 1. The van der Waals surface area contributed by atoms with Gasteiger partial charge in [0, 0.05) is 46.2 Å². The smallest absolute Gasteiger partial charge is 0.475 e. The number of aliphatic carboxylic acids is 1. The van der Waals surface area contributed by atoms with Crippen LogP contribution in [0.2, 0.25) is 0 Å². The molecule has 1 fully saturated rings. The fourth-order valence-corrected chi connectivity index (χ4v) is 4.75. The Balaban J connectivity index is 0.000000454. The van der Waals surface area contributed by atoms with Crippen LogP contribution in [0.4, 0.5) is 29.7 Å². The number of alkyl halides is 3. The molecular weight excluding hydrogens is 519 g/mol. The Morgan fingerprint density at radius 2 is 1.69 bits per heavy atom. The van der Waals surface area contributed by atoms with Gasteiger partial charge in [0.1, 0.15) is 6.04 Å². The molecule has 0 aliphatic carbocycles. The van der Waals surface area contributed by atoms with Crippen molar-refractivity contribution in [1.82, 2.24) is 14.9 Å². The summed E-state index contributed by atoms with van der Waals surface area (Å²) in [6, 6.07) is 10.5. The van der Waals surface area contributed by atoms with Crippen LogP contribution in [-0.4, -0.2) is 61.6 Å². The number of amides is 2. The number of aromatic nitrogens is 2. The fraction of sp³-hybridized carbons (Fsp3) is 0.227. The Hall–Kier alpha value is -3.65. The maximum absolute atomic E-state index is 13.0. The monoisotopic (exact) mass is 539 g/mol. The van der Waals surface area contributed by atoms with Crippen LogP contribution in [0, 0.1) is 6.92 Å². The van der Waals surface area contributed by atoms with E-state index < -0.39 is 18.2 Å². The zero-order valence-corrected chi connectivity index (χ0v) is 20.3. The van der Waals surface area contributed by atoms with Gasteiger partial charge >= 0.3 is 12.1 Å². The molecular formula is C22H20F3N5O4S2. The van der Waals surface area contributed by atoms with E-state index in [0.717, 1.165) is 16.3 Å². The Morgan fingerprint density at radius 1 is 1.08 bits per heavy atom. The number of nitrogens with one attached hydrogen (secondary N) is 2. The Morgan fingerprint density at radius 3 is 2.25 bits per heavy atom. The third-order valence-corrected chi connectivity index (χ3v) is 6.48. The van der Waals surface area contributed by atoms with Crippen molar-refractivity contribution < 1.29 is 32.7 Å². The third-order valence-electron chi connectivity index (χ3n) is 4.64. The number of thiazole rings is 1. The van der Waals surface area contributed by atoms with Crippen LogP contribution in [0.5, 0.6) is 0 Å². The Labute approximate surface area is 211 Å². The van der Waals surface area contributed by atoms with Gasteiger partial charge in [0.2, 0.25) is 5.91 Å². The number of halogens is 3. The molecule has 4 rings (SSSR count). The van der Waals surface area contributed by atoms with E-state index in [2.05, 4.69) is 20.6 Å². The number of nitrogens with zero attached hydrogens (tertiary/aromatic N) is 3. The second kappa shape index (κ2) is 11.9. The number of hydrogen-bond donors (Lipinski definition) is 3. The summed E-state index contributed by atoms with van der Waals surface area (Å²) in [5, 5.41) is 13.8. The highest BCUT2D eigenvalue weighted by atomic mass is 32.2. The molecule has 1 atom stereocenters. The Kier molecular flexibility index (Phi) is 8.88. The van der Waals surface area contributed by atoms with Crippen molar-refractivity contribution >= 4 is 57.4 Å². The van der Waals surface area contributed by atoms with Crippen molar-refractivity contribution in [3.63, 3.8) is 0 Å². The predicted molar refractivity (Wildman–Crippen MR) is 130 cm³/mol. The molecule has 3 heterocycles. The molecule has 3 N–H and O–H groups in total. The lowest BCUT2D eigenvalue weighted by atomic mass is 10.1. The highest BCUT2D eigenvalue weighted by Gasteiger charge is 2.38. The first kappa shape index (κ1) is 26.9. The van der Waals surface area contributed by atoms with E-state index in [1.54, 1.807) is 47.4 Å². The number of anilines is 3. The SMILES string of the molecule is Cc1cnc(NC(=O)C2CSCN2C(=O)c2ccc(Nc3ccncc3)cc2)s1.O=C(O)C(F)(F)F. The van der Waals surface area contributed by atoms with Crippen molar-refractivity contribution in [1.29, 1.82) is 0 Å². The summed E-state index contributed by atoms with van der Waals surface area (Å²) in [5.74, 6) is -2.05.